The minimum Gasteiger partial charge on any atom is -0.383 e. The van der Waals surface area contributed by atoms with Crippen LogP contribution in [0.25, 0.3) is 0 Å². The van der Waals surface area contributed by atoms with Crippen molar-refractivity contribution in [1.29, 1.82) is 0 Å². The maximum atomic E-state index is 11.1. The van der Waals surface area contributed by atoms with Crippen LogP contribution >= 0.6 is 0 Å². The van der Waals surface area contributed by atoms with Crippen LogP contribution in [0.2, 0.25) is 0 Å². The zero-order valence-electron chi connectivity index (χ0n) is 10.1. The van der Waals surface area contributed by atoms with Crippen LogP contribution in [0.1, 0.15) is 20.8 Å². The van der Waals surface area contributed by atoms with Gasteiger partial charge in [0.1, 0.15) is 5.54 Å². The van der Waals surface area contributed by atoms with E-state index in [0.717, 1.165) is 6.54 Å². The van der Waals surface area contributed by atoms with Gasteiger partial charge in [-0.25, -0.2) is 0 Å². The van der Waals surface area contributed by atoms with Gasteiger partial charge in [-0.05, 0) is 20.8 Å². The van der Waals surface area contributed by atoms with Crippen LogP contribution in [0, 0.1) is 0 Å². The van der Waals surface area contributed by atoms with Crippen LogP contribution in [-0.2, 0) is 9.53 Å². The molecule has 5 heteroatoms. The monoisotopic (exact) mass is 217 g/mol. The molecule has 0 heterocycles. The third-order valence-electron chi connectivity index (χ3n) is 2.41. The summed E-state index contributed by atoms with van der Waals surface area (Å²) >= 11 is 0. The summed E-state index contributed by atoms with van der Waals surface area (Å²) in [6.07, 6.45) is 0. The topological polar surface area (TPSA) is 81.6 Å². The van der Waals surface area contributed by atoms with Gasteiger partial charge in [-0.2, -0.15) is 0 Å². The first-order valence-electron chi connectivity index (χ1n) is 5.13. The Morgan fingerprint density at radius 3 is 2.40 bits per heavy atom. The molecule has 0 aromatic rings. The number of ether oxygens (including phenoxy) is 1. The van der Waals surface area contributed by atoms with Gasteiger partial charge in [0.15, 0.2) is 0 Å². The first-order valence-corrected chi connectivity index (χ1v) is 5.13. The second-order valence-corrected chi connectivity index (χ2v) is 4.34. The summed E-state index contributed by atoms with van der Waals surface area (Å²) in [5.41, 5.74) is 10.1. The minimum atomic E-state index is -0.988. The molecule has 0 aliphatic carbocycles. The zero-order chi connectivity index (χ0) is 12.1. The molecule has 4 N–H and O–H groups in total. The average Bonchev–Trinajstić information content (AvgIpc) is 2.11. The molecule has 0 aliphatic heterocycles. The second kappa shape index (κ2) is 6.05. The molecule has 90 valence electrons. The molecule has 0 saturated heterocycles. The first kappa shape index (κ1) is 14.3. The molecule has 0 spiro atoms. The van der Waals surface area contributed by atoms with Crippen LogP contribution in [-0.4, -0.2) is 49.2 Å². The fourth-order valence-corrected chi connectivity index (χ4v) is 1.23. The summed E-state index contributed by atoms with van der Waals surface area (Å²) in [5.74, 6) is -0.481. The zero-order valence-corrected chi connectivity index (χ0v) is 10.1. The summed E-state index contributed by atoms with van der Waals surface area (Å²) < 4.78 is 5.00. The lowest BCUT2D eigenvalue weighted by atomic mass is 10.0. The van der Waals surface area contributed by atoms with E-state index in [1.54, 1.807) is 14.0 Å². The Balaban J connectivity index is 4.33. The third-order valence-corrected chi connectivity index (χ3v) is 2.41. The summed E-state index contributed by atoms with van der Waals surface area (Å²) in [4.78, 5) is 13.2. The number of nitrogens with zero attached hydrogens (tertiary/aromatic N) is 1. The fraction of sp³-hybridized carbons (Fsp3) is 0.900. The predicted molar refractivity (Wildman–Crippen MR) is 60.4 cm³/mol. The van der Waals surface area contributed by atoms with Gasteiger partial charge in [0.2, 0.25) is 5.91 Å². The molecule has 5 nitrogen and oxygen atoms in total. The Kier molecular flexibility index (Phi) is 5.79. The van der Waals surface area contributed by atoms with Crippen molar-refractivity contribution in [2.45, 2.75) is 32.4 Å². The Morgan fingerprint density at radius 1 is 1.53 bits per heavy atom. The van der Waals surface area contributed by atoms with E-state index in [4.69, 9.17) is 16.2 Å². The molecule has 0 bridgehead atoms. The lowest BCUT2D eigenvalue weighted by Gasteiger charge is -2.32. The number of rotatable bonds is 7. The largest absolute Gasteiger partial charge is 0.383 e. The standard InChI is InChI=1S/C10H23N3O2/c1-8(2)13(5-6-15-4)7-10(3,12)9(11)14/h8H,5-7,12H2,1-4H3,(H2,11,14). The van der Waals surface area contributed by atoms with Crippen molar-refractivity contribution >= 4 is 5.91 Å². The highest BCUT2D eigenvalue weighted by atomic mass is 16.5. The molecule has 0 radical (unpaired) electrons. The van der Waals surface area contributed by atoms with E-state index >= 15 is 0 Å². The van der Waals surface area contributed by atoms with Crippen molar-refractivity contribution in [2.24, 2.45) is 11.5 Å². The quantitative estimate of drug-likeness (QED) is 0.605. The van der Waals surface area contributed by atoms with Gasteiger partial charge in [-0.1, -0.05) is 0 Å². The molecule has 1 amide bonds. The van der Waals surface area contributed by atoms with E-state index in [-0.39, 0.29) is 0 Å². The van der Waals surface area contributed by atoms with Gasteiger partial charge in [0.25, 0.3) is 0 Å². The van der Waals surface area contributed by atoms with Crippen LogP contribution < -0.4 is 11.5 Å². The number of primary amides is 1. The molecule has 0 aromatic carbocycles. The van der Waals surface area contributed by atoms with Crippen molar-refractivity contribution in [3.8, 4) is 0 Å². The highest BCUT2D eigenvalue weighted by Crippen LogP contribution is 2.06. The highest BCUT2D eigenvalue weighted by molar-refractivity contribution is 5.84. The summed E-state index contributed by atoms with van der Waals surface area (Å²) in [6, 6.07) is 0.308. The highest BCUT2D eigenvalue weighted by Gasteiger charge is 2.29. The summed E-state index contributed by atoms with van der Waals surface area (Å²) in [5, 5.41) is 0. The molecular formula is C10H23N3O2. The first-order chi connectivity index (χ1) is 6.81. The second-order valence-electron chi connectivity index (χ2n) is 4.34. The number of carbonyl (C=O) groups excluding carboxylic acids is 1. The number of amides is 1. The maximum absolute atomic E-state index is 11.1. The number of hydrogen-bond donors (Lipinski definition) is 2. The third kappa shape index (κ3) is 5.11. The molecule has 1 atom stereocenters. The molecule has 0 rings (SSSR count). The van der Waals surface area contributed by atoms with E-state index in [1.165, 1.54) is 0 Å². The van der Waals surface area contributed by atoms with Crippen LogP contribution in [0.15, 0.2) is 0 Å². The summed E-state index contributed by atoms with van der Waals surface area (Å²) in [6.45, 7) is 7.56. The van der Waals surface area contributed by atoms with Gasteiger partial charge in [0, 0.05) is 26.2 Å². The number of carbonyl (C=O) groups is 1. The van der Waals surface area contributed by atoms with Crippen LogP contribution in [0.3, 0.4) is 0 Å². The molecule has 0 fully saturated rings. The van der Waals surface area contributed by atoms with Crippen molar-refractivity contribution in [1.82, 2.24) is 4.90 Å². The van der Waals surface area contributed by atoms with Gasteiger partial charge < -0.3 is 16.2 Å². The normalized spacial score (nSPS) is 15.7. The molecule has 0 aliphatic rings. The van der Waals surface area contributed by atoms with Crippen molar-refractivity contribution in [3.05, 3.63) is 0 Å². The molecule has 0 aromatic heterocycles. The van der Waals surface area contributed by atoms with E-state index < -0.39 is 11.4 Å². The van der Waals surface area contributed by atoms with Gasteiger partial charge in [-0.15, -0.1) is 0 Å². The Labute approximate surface area is 91.7 Å². The minimum absolute atomic E-state index is 0.308. The Bertz CT molecular complexity index is 205. The van der Waals surface area contributed by atoms with E-state index in [2.05, 4.69) is 4.90 Å². The number of methoxy groups -OCH3 is 1. The van der Waals surface area contributed by atoms with E-state index in [1.807, 2.05) is 13.8 Å². The smallest absolute Gasteiger partial charge is 0.238 e. The summed E-state index contributed by atoms with van der Waals surface area (Å²) in [7, 11) is 1.65. The van der Waals surface area contributed by atoms with Crippen LogP contribution in [0.4, 0.5) is 0 Å². The van der Waals surface area contributed by atoms with E-state index in [0.29, 0.717) is 19.2 Å². The van der Waals surface area contributed by atoms with Gasteiger partial charge in [0.05, 0.1) is 6.61 Å². The SMILES string of the molecule is COCCN(CC(C)(N)C(N)=O)C(C)C. The van der Waals surface area contributed by atoms with Gasteiger partial charge in [-0.3, -0.25) is 9.69 Å². The average molecular weight is 217 g/mol. The Morgan fingerprint density at radius 2 is 2.07 bits per heavy atom. The number of nitrogens with two attached hydrogens (primary N) is 2. The van der Waals surface area contributed by atoms with Crippen molar-refractivity contribution < 1.29 is 9.53 Å². The lowest BCUT2D eigenvalue weighted by molar-refractivity contribution is -0.123. The van der Waals surface area contributed by atoms with Crippen molar-refractivity contribution in [2.75, 3.05) is 26.8 Å². The number of hydrogen-bond acceptors (Lipinski definition) is 4. The predicted octanol–water partition coefficient (Wildman–Crippen LogP) is -0.454. The van der Waals surface area contributed by atoms with Gasteiger partial charge >= 0.3 is 0 Å². The lowest BCUT2D eigenvalue weighted by Crippen LogP contribution is -2.58. The van der Waals surface area contributed by atoms with Crippen LogP contribution in [0.5, 0.6) is 0 Å². The fourth-order valence-electron chi connectivity index (χ4n) is 1.23. The molecule has 0 saturated carbocycles. The molecule has 15 heavy (non-hydrogen) atoms. The van der Waals surface area contributed by atoms with Crippen molar-refractivity contribution in [3.63, 3.8) is 0 Å². The Hall–Kier alpha value is -0.650. The molecular weight excluding hydrogens is 194 g/mol. The maximum Gasteiger partial charge on any atom is 0.238 e. The molecule has 1 unspecified atom stereocenters. The van der Waals surface area contributed by atoms with E-state index in [9.17, 15) is 4.79 Å².